The molecule has 0 bridgehead atoms. The molecule has 0 radical (unpaired) electrons. The highest BCUT2D eigenvalue weighted by molar-refractivity contribution is 5.93. The van der Waals surface area contributed by atoms with Crippen molar-refractivity contribution in [1.29, 1.82) is 0 Å². The number of aromatic amines is 1. The van der Waals surface area contributed by atoms with Crippen molar-refractivity contribution in [2.45, 2.75) is 19.4 Å². The van der Waals surface area contributed by atoms with Gasteiger partial charge in [-0.25, -0.2) is 0 Å². The lowest BCUT2D eigenvalue weighted by atomic mass is 9.93. The Balaban J connectivity index is 1.69. The third kappa shape index (κ3) is 3.60. The number of fused-ring (bicyclic) bond motifs is 1. The van der Waals surface area contributed by atoms with Crippen LogP contribution >= 0.6 is 0 Å². The number of nitrogens with one attached hydrogen (secondary N) is 3. The van der Waals surface area contributed by atoms with Crippen LogP contribution in [0.2, 0.25) is 0 Å². The first-order valence-electron chi connectivity index (χ1n) is 7.85. The van der Waals surface area contributed by atoms with Gasteiger partial charge in [0, 0.05) is 19.3 Å². The van der Waals surface area contributed by atoms with Gasteiger partial charge in [0.15, 0.2) is 0 Å². The summed E-state index contributed by atoms with van der Waals surface area (Å²) in [5.74, 6) is -0.981. The zero-order chi connectivity index (χ0) is 17.8. The Hall–Kier alpha value is -3.35. The average molecular weight is 338 g/mol. The van der Waals surface area contributed by atoms with Gasteiger partial charge in [0.25, 0.3) is 5.91 Å². The van der Waals surface area contributed by atoms with E-state index in [-0.39, 0.29) is 18.2 Å². The highest BCUT2D eigenvalue weighted by Crippen LogP contribution is 2.32. The maximum absolute atomic E-state index is 12.3. The van der Waals surface area contributed by atoms with Crippen molar-refractivity contribution in [3.8, 4) is 0 Å². The lowest BCUT2D eigenvalue weighted by molar-refractivity contribution is -0.130. The first-order chi connectivity index (χ1) is 12.1. The minimum absolute atomic E-state index is 0.0337. The largest absolute Gasteiger partial charge is 0.357 e. The third-order valence-electron chi connectivity index (χ3n) is 4.01. The van der Waals surface area contributed by atoms with Crippen LogP contribution in [0.15, 0.2) is 48.8 Å². The zero-order valence-corrected chi connectivity index (χ0v) is 13.7. The van der Waals surface area contributed by atoms with Gasteiger partial charge >= 0.3 is 0 Å². The van der Waals surface area contributed by atoms with Crippen LogP contribution in [-0.2, 0) is 9.59 Å². The number of aromatic nitrogens is 1. The maximum atomic E-state index is 12.3. The topological polar surface area (TPSA) is 94.3 Å². The van der Waals surface area contributed by atoms with Crippen molar-refractivity contribution in [3.05, 3.63) is 65.6 Å². The monoisotopic (exact) mass is 338 g/mol. The van der Waals surface area contributed by atoms with Crippen molar-refractivity contribution < 1.29 is 14.4 Å². The number of amides is 3. The van der Waals surface area contributed by atoms with Crippen molar-refractivity contribution in [3.63, 3.8) is 0 Å². The predicted molar refractivity (Wildman–Crippen MR) is 91.8 cm³/mol. The highest BCUT2D eigenvalue weighted by atomic mass is 16.2. The smallest absolute Gasteiger partial charge is 0.286 e. The molecule has 0 saturated heterocycles. The van der Waals surface area contributed by atoms with Gasteiger partial charge < -0.3 is 9.88 Å². The number of hydrogen-bond donors (Lipinski definition) is 3. The van der Waals surface area contributed by atoms with Crippen LogP contribution in [0.4, 0.5) is 0 Å². The summed E-state index contributed by atoms with van der Waals surface area (Å²) < 4.78 is 0. The van der Waals surface area contributed by atoms with E-state index in [1.807, 2.05) is 30.3 Å². The van der Waals surface area contributed by atoms with E-state index in [1.165, 1.54) is 11.8 Å². The summed E-state index contributed by atoms with van der Waals surface area (Å²) in [6, 6.07) is 10.5. The lowest BCUT2D eigenvalue weighted by Gasteiger charge is -2.32. The summed E-state index contributed by atoms with van der Waals surface area (Å²) in [5, 5.41) is 0. The van der Waals surface area contributed by atoms with Gasteiger partial charge in [-0.15, -0.1) is 0 Å². The van der Waals surface area contributed by atoms with Gasteiger partial charge in [-0.3, -0.25) is 25.2 Å². The number of H-pyrrole nitrogens is 1. The molecule has 0 aliphatic carbocycles. The Labute approximate surface area is 144 Å². The number of hydrazine groups is 1. The number of nitrogens with zero attached hydrogens (tertiary/aromatic N) is 1. The second-order valence-corrected chi connectivity index (χ2v) is 5.68. The molecule has 1 aromatic heterocycles. The van der Waals surface area contributed by atoms with E-state index in [4.69, 9.17) is 0 Å². The SMILES string of the molecule is CC(=O)N1C=Cc2ccccc2[C@H]1CC(=O)NNC(=O)c1ccc[nH]1. The van der Waals surface area contributed by atoms with E-state index in [1.54, 1.807) is 24.5 Å². The molecule has 2 aromatic rings. The van der Waals surface area contributed by atoms with E-state index in [0.29, 0.717) is 5.69 Å². The van der Waals surface area contributed by atoms with Crippen LogP contribution in [0.25, 0.3) is 6.08 Å². The molecule has 2 heterocycles. The van der Waals surface area contributed by atoms with Gasteiger partial charge in [-0.1, -0.05) is 24.3 Å². The quantitative estimate of drug-likeness (QED) is 0.744. The van der Waals surface area contributed by atoms with Crippen molar-refractivity contribution in [2.75, 3.05) is 0 Å². The fourth-order valence-electron chi connectivity index (χ4n) is 2.81. The molecule has 1 aliphatic rings. The fourth-order valence-corrected chi connectivity index (χ4v) is 2.81. The average Bonchev–Trinajstić information content (AvgIpc) is 3.14. The molecule has 25 heavy (non-hydrogen) atoms. The van der Waals surface area contributed by atoms with Gasteiger partial charge in [0.1, 0.15) is 5.69 Å². The molecule has 1 aromatic carbocycles. The Morgan fingerprint density at radius 1 is 1.12 bits per heavy atom. The van der Waals surface area contributed by atoms with Crippen molar-refractivity contribution >= 4 is 23.8 Å². The van der Waals surface area contributed by atoms with Crippen LogP contribution in [0.1, 0.15) is 41.0 Å². The molecule has 3 rings (SSSR count). The second-order valence-electron chi connectivity index (χ2n) is 5.68. The van der Waals surface area contributed by atoms with E-state index >= 15 is 0 Å². The molecule has 0 fully saturated rings. The van der Waals surface area contributed by atoms with Gasteiger partial charge in [-0.05, 0) is 29.3 Å². The van der Waals surface area contributed by atoms with Gasteiger partial charge in [-0.2, -0.15) is 0 Å². The number of carbonyl (C=O) groups excluding carboxylic acids is 3. The number of benzene rings is 1. The van der Waals surface area contributed by atoms with E-state index in [0.717, 1.165) is 11.1 Å². The predicted octanol–water partition coefficient (Wildman–Crippen LogP) is 1.74. The number of hydrogen-bond acceptors (Lipinski definition) is 3. The molecule has 1 atom stereocenters. The number of carbonyl (C=O) groups is 3. The molecule has 0 spiro atoms. The third-order valence-corrected chi connectivity index (χ3v) is 4.01. The summed E-state index contributed by atoms with van der Waals surface area (Å²) in [5.41, 5.74) is 6.94. The van der Waals surface area contributed by atoms with Crippen LogP contribution < -0.4 is 10.9 Å². The standard InChI is InChI=1S/C18H18N4O3/c1-12(23)22-10-8-13-5-2-3-6-14(13)16(22)11-17(24)20-21-18(25)15-7-4-9-19-15/h2-10,16,19H,11H2,1H3,(H,20,24)(H,21,25)/t16-/m1/s1. The molecular weight excluding hydrogens is 320 g/mol. The molecule has 3 N–H and O–H groups in total. The molecule has 1 aliphatic heterocycles. The van der Waals surface area contributed by atoms with Gasteiger partial charge in [0.2, 0.25) is 11.8 Å². The van der Waals surface area contributed by atoms with Crippen molar-refractivity contribution in [2.24, 2.45) is 0 Å². The first kappa shape index (κ1) is 16.5. The van der Waals surface area contributed by atoms with E-state index in [2.05, 4.69) is 15.8 Å². The van der Waals surface area contributed by atoms with Crippen LogP contribution in [0.5, 0.6) is 0 Å². The molecule has 0 unspecified atom stereocenters. The van der Waals surface area contributed by atoms with Gasteiger partial charge in [0.05, 0.1) is 12.5 Å². The van der Waals surface area contributed by atoms with E-state index in [9.17, 15) is 14.4 Å². The zero-order valence-electron chi connectivity index (χ0n) is 13.7. The Kier molecular flexibility index (Phi) is 4.65. The summed E-state index contributed by atoms with van der Waals surface area (Å²) in [6.45, 7) is 1.45. The molecule has 7 heteroatoms. The Morgan fingerprint density at radius 2 is 1.92 bits per heavy atom. The fraction of sp³-hybridized carbons (Fsp3) is 0.167. The first-order valence-corrected chi connectivity index (χ1v) is 7.85. The summed E-state index contributed by atoms with van der Waals surface area (Å²) in [4.78, 5) is 40.3. The minimum atomic E-state index is -0.439. The summed E-state index contributed by atoms with van der Waals surface area (Å²) >= 11 is 0. The normalized spacial score (nSPS) is 15.4. The molecule has 128 valence electrons. The Morgan fingerprint density at radius 3 is 2.64 bits per heavy atom. The number of rotatable bonds is 3. The summed E-state index contributed by atoms with van der Waals surface area (Å²) in [6.07, 6.45) is 5.18. The molecule has 3 amide bonds. The molecular formula is C18H18N4O3. The Bertz CT molecular complexity index is 827. The molecule has 0 saturated carbocycles. The van der Waals surface area contributed by atoms with Crippen molar-refractivity contribution in [1.82, 2.24) is 20.7 Å². The maximum Gasteiger partial charge on any atom is 0.286 e. The summed E-state index contributed by atoms with van der Waals surface area (Å²) in [7, 11) is 0. The van der Waals surface area contributed by atoms with E-state index < -0.39 is 11.9 Å². The minimum Gasteiger partial charge on any atom is -0.357 e. The molecule has 7 nitrogen and oxygen atoms in total. The highest BCUT2D eigenvalue weighted by Gasteiger charge is 2.28. The lowest BCUT2D eigenvalue weighted by Crippen LogP contribution is -2.43. The van der Waals surface area contributed by atoms with Crippen LogP contribution in [-0.4, -0.2) is 27.6 Å². The van der Waals surface area contributed by atoms with Crippen LogP contribution in [0.3, 0.4) is 0 Å². The van der Waals surface area contributed by atoms with Crippen LogP contribution in [0, 0.1) is 0 Å². The second kappa shape index (κ2) is 7.04.